The van der Waals surface area contributed by atoms with Crippen LogP contribution in [-0.4, -0.2) is 87.7 Å². The Labute approximate surface area is 279 Å². The first-order valence-electron chi connectivity index (χ1n) is 16.1. The van der Waals surface area contributed by atoms with Gasteiger partial charge in [0, 0.05) is 23.0 Å². The summed E-state index contributed by atoms with van der Waals surface area (Å²) in [7, 11) is 0. The Balaban J connectivity index is 1.63. The molecule has 2 saturated heterocycles. The molecule has 1 aromatic rings. The number of rotatable bonds is 5. The lowest BCUT2D eigenvalue weighted by molar-refractivity contribution is -0.154. The minimum Gasteiger partial charge on any atom is -0.463 e. The zero-order chi connectivity index (χ0) is 33.6. The number of benzene rings is 1. The minimum atomic E-state index is -1.43. The zero-order valence-electron chi connectivity index (χ0n) is 27.5. The van der Waals surface area contributed by atoms with Crippen LogP contribution in [-0.2, 0) is 28.7 Å². The summed E-state index contributed by atoms with van der Waals surface area (Å²) in [5.41, 5.74) is -1.46. The number of aliphatic hydroxyl groups excluding tert-OH is 1. The van der Waals surface area contributed by atoms with Crippen LogP contribution in [0.1, 0.15) is 72.4 Å². The molecule has 46 heavy (non-hydrogen) atoms. The second kappa shape index (κ2) is 12.9. The Hall–Kier alpha value is -3.02. The summed E-state index contributed by atoms with van der Waals surface area (Å²) >= 11 is 3.60. The van der Waals surface area contributed by atoms with Crippen LogP contribution >= 0.6 is 15.9 Å². The molecule has 0 saturated carbocycles. The summed E-state index contributed by atoms with van der Waals surface area (Å²) in [5.74, 6) is -3.54. The maximum Gasteiger partial charge on any atom is 0.306 e. The fraction of sp³-hybridized carbons (Fsp3) is 0.600. The number of amides is 3. The number of cyclic esters (lactones) is 1. The highest BCUT2D eigenvalue weighted by atomic mass is 79.9. The van der Waals surface area contributed by atoms with Gasteiger partial charge in [0.2, 0.25) is 17.7 Å². The molecule has 0 aromatic heterocycles. The second-order valence-electron chi connectivity index (χ2n) is 14.8. The van der Waals surface area contributed by atoms with Crippen molar-refractivity contribution in [2.45, 2.75) is 96.2 Å². The highest BCUT2D eigenvalue weighted by Gasteiger charge is 2.75. The smallest absolute Gasteiger partial charge is 0.306 e. The van der Waals surface area contributed by atoms with E-state index in [9.17, 15) is 19.5 Å². The lowest BCUT2D eigenvalue weighted by atomic mass is 9.73. The molecule has 0 aliphatic carbocycles. The van der Waals surface area contributed by atoms with Crippen molar-refractivity contribution in [3.05, 3.63) is 58.6 Å². The average Bonchev–Trinajstić information content (AvgIpc) is 3.58. The van der Waals surface area contributed by atoms with E-state index >= 15 is 4.79 Å². The number of likely N-dealkylation sites (tertiary alicyclic amines) is 1. The summed E-state index contributed by atoms with van der Waals surface area (Å²) in [6.07, 6.45) is 5.95. The molecular weight excluding hydrogens is 654 g/mol. The first kappa shape index (κ1) is 34.3. The van der Waals surface area contributed by atoms with Gasteiger partial charge in [-0.3, -0.25) is 19.2 Å². The molecule has 11 heteroatoms. The predicted molar refractivity (Wildman–Crippen MR) is 175 cm³/mol. The van der Waals surface area contributed by atoms with Crippen molar-refractivity contribution in [1.29, 1.82) is 0 Å². The van der Waals surface area contributed by atoms with Gasteiger partial charge >= 0.3 is 5.97 Å². The topological polar surface area (TPSA) is 125 Å². The number of allylic oxidation sites excluding steroid dienone is 1. The molecule has 2 fully saturated rings. The van der Waals surface area contributed by atoms with Gasteiger partial charge in [-0.2, -0.15) is 0 Å². The van der Waals surface area contributed by atoms with Crippen molar-refractivity contribution in [3.63, 3.8) is 0 Å². The summed E-state index contributed by atoms with van der Waals surface area (Å²) in [5, 5.41) is 13.3. The first-order chi connectivity index (χ1) is 21.6. The van der Waals surface area contributed by atoms with Gasteiger partial charge in [0.05, 0.1) is 30.5 Å². The third-order valence-corrected chi connectivity index (χ3v) is 10.2. The van der Waals surface area contributed by atoms with Crippen LogP contribution in [0.4, 0.5) is 0 Å². The minimum absolute atomic E-state index is 0.0825. The number of carbonyl (C=O) groups is 4. The van der Waals surface area contributed by atoms with Crippen LogP contribution in [0.5, 0.6) is 0 Å². The van der Waals surface area contributed by atoms with E-state index in [-0.39, 0.29) is 37.5 Å². The van der Waals surface area contributed by atoms with Gasteiger partial charge in [0.1, 0.15) is 24.4 Å². The third-order valence-electron chi connectivity index (χ3n) is 9.50. The number of ether oxygens (including phenoxy) is 2. The molecule has 4 aliphatic heterocycles. The van der Waals surface area contributed by atoms with E-state index in [1.54, 1.807) is 17.9 Å². The van der Waals surface area contributed by atoms with E-state index in [2.05, 4.69) is 42.0 Å². The van der Waals surface area contributed by atoms with Crippen molar-refractivity contribution in [1.82, 2.24) is 15.1 Å². The number of fused-ring (bicyclic) bond motifs is 2. The number of halogens is 1. The molecule has 0 radical (unpaired) electrons. The van der Waals surface area contributed by atoms with Gasteiger partial charge in [-0.25, -0.2) is 0 Å². The molecule has 10 nitrogen and oxygen atoms in total. The van der Waals surface area contributed by atoms with Gasteiger partial charge < -0.3 is 29.7 Å². The van der Waals surface area contributed by atoms with E-state index < -0.39 is 65.0 Å². The SMILES string of the molecule is C[C@H](CO)N1C(=O)[C@@H]2[C@H]3C(=O)N[C@@H](c4ccccc4)COC(=O)CC/C=C\CN(C(C)(C)CC(C)(C)C)C(=O)[C@@H]1[C@]21C=C(Br)[C@H]3O1. The standard InChI is InChI=1S/C35H46BrN3O7/c1-21(18-40)39-29-32(44)38(34(5,6)20-33(2,3)4)16-12-8-11-15-25(41)45-19-24(22-13-9-7-10-14-22)37-30(42)26-27(31(39)43)35(29)17-23(36)28(26)46-35/h7-10,12-14,17,21,24,26-29,40H,11,15-16,18-20H2,1-6H3,(H,37,42)/b12-8-/t21-,24-,26-,27+,28-,29-,35+/m1/s1. The van der Waals surface area contributed by atoms with Crippen molar-refractivity contribution >= 4 is 39.6 Å². The molecular formula is C35H46BrN3O7. The quantitative estimate of drug-likeness (QED) is 0.351. The molecule has 1 aromatic carbocycles. The highest BCUT2D eigenvalue weighted by molar-refractivity contribution is 9.11. The van der Waals surface area contributed by atoms with E-state index in [4.69, 9.17) is 9.47 Å². The highest BCUT2D eigenvalue weighted by Crippen LogP contribution is 2.59. The molecule has 4 heterocycles. The van der Waals surface area contributed by atoms with E-state index in [1.807, 2.05) is 56.3 Å². The van der Waals surface area contributed by atoms with Gasteiger partial charge in [0.15, 0.2) is 0 Å². The number of aliphatic hydroxyl groups is 1. The number of nitrogens with one attached hydrogen (secondary N) is 1. The summed E-state index contributed by atoms with van der Waals surface area (Å²) in [4.78, 5) is 59.7. The van der Waals surface area contributed by atoms with E-state index in [1.165, 1.54) is 4.90 Å². The van der Waals surface area contributed by atoms with Gasteiger partial charge in [-0.15, -0.1) is 0 Å². The number of hydrogen-bond acceptors (Lipinski definition) is 7. The van der Waals surface area contributed by atoms with Crippen LogP contribution in [0.25, 0.3) is 0 Å². The van der Waals surface area contributed by atoms with Crippen molar-refractivity contribution in [2.24, 2.45) is 17.3 Å². The average molecular weight is 701 g/mol. The molecule has 5 bridgehead atoms. The van der Waals surface area contributed by atoms with Crippen LogP contribution in [0.2, 0.25) is 0 Å². The third kappa shape index (κ3) is 6.30. The van der Waals surface area contributed by atoms with Crippen molar-refractivity contribution < 1.29 is 33.8 Å². The first-order valence-corrected chi connectivity index (χ1v) is 16.9. The Kier molecular flexibility index (Phi) is 9.61. The molecule has 5 rings (SSSR count). The van der Waals surface area contributed by atoms with Crippen molar-refractivity contribution in [3.8, 4) is 0 Å². The normalized spacial score (nSPS) is 32.2. The summed E-state index contributed by atoms with van der Waals surface area (Å²) < 4.78 is 12.9. The van der Waals surface area contributed by atoms with E-state index in [0.717, 1.165) is 5.56 Å². The number of esters is 1. The largest absolute Gasteiger partial charge is 0.463 e. The van der Waals surface area contributed by atoms with Crippen LogP contribution in [0.15, 0.2) is 53.0 Å². The van der Waals surface area contributed by atoms with Gasteiger partial charge in [-0.1, -0.05) is 79.2 Å². The van der Waals surface area contributed by atoms with Crippen LogP contribution in [0.3, 0.4) is 0 Å². The van der Waals surface area contributed by atoms with Crippen molar-refractivity contribution in [2.75, 3.05) is 19.8 Å². The Morgan fingerprint density at radius 1 is 1.07 bits per heavy atom. The number of hydrogen-bond donors (Lipinski definition) is 2. The van der Waals surface area contributed by atoms with Gasteiger partial charge in [-0.05, 0) is 50.7 Å². The number of carbonyl (C=O) groups excluding carboxylic acids is 4. The molecule has 0 unspecified atom stereocenters. The Morgan fingerprint density at radius 2 is 1.76 bits per heavy atom. The van der Waals surface area contributed by atoms with Crippen LogP contribution < -0.4 is 5.32 Å². The maximum atomic E-state index is 15.0. The molecule has 3 amide bonds. The Bertz CT molecular complexity index is 1420. The summed E-state index contributed by atoms with van der Waals surface area (Å²) in [6.45, 7) is 11.8. The van der Waals surface area contributed by atoms with E-state index in [0.29, 0.717) is 17.3 Å². The second-order valence-corrected chi connectivity index (χ2v) is 15.7. The Morgan fingerprint density at radius 3 is 2.41 bits per heavy atom. The zero-order valence-corrected chi connectivity index (χ0v) is 29.1. The molecule has 1 spiro atoms. The number of nitrogens with zero attached hydrogens (tertiary/aromatic N) is 2. The maximum absolute atomic E-state index is 15.0. The fourth-order valence-electron chi connectivity index (χ4n) is 7.90. The molecule has 7 atom stereocenters. The molecule has 4 aliphatic rings. The molecule has 2 N–H and O–H groups in total. The van der Waals surface area contributed by atoms with Crippen LogP contribution in [0, 0.1) is 17.3 Å². The summed E-state index contributed by atoms with van der Waals surface area (Å²) in [6, 6.07) is 6.73. The molecule has 250 valence electrons. The van der Waals surface area contributed by atoms with Gasteiger partial charge in [0.25, 0.3) is 0 Å². The predicted octanol–water partition coefficient (Wildman–Crippen LogP) is 4.03. The lowest BCUT2D eigenvalue weighted by Gasteiger charge is -2.46. The monoisotopic (exact) mass is 699 g/mol. The lowest BCUT2D eigenvalue weighted by Crippen LogP contribution is -2.62. The fourth-order valence-corrected chi connectivity index (χ4v) is 8.63.